The average Bonchev–Trinajstić information content (AvgIpc) is 2.62. The van der Waals surface area contributed by atoms with Gasteiger partial charge in [0.05, 0.1) is 5.56 Å². The summed E-state index contributed by atoms with van der Waals surface area (Å²) in [4.78, 5) is 23.2. The van der Waals surface area contributed by atoms with Crippen molar-refractivity contribution in [1.29, 1.82) is 0 Å². The zero-order valence-electron chi connectivity index (χ0n) is 15.1. The van der Waals surface area contributed by atoms with E-state index < -0.39 is 11.8 Å². The Hall–Kier alpha value is -2.35. The number of para-hydroxylation sites is 1. The fourth-order valence-electron chi connectivity index (χ4n) is 3.09. The predicted molar refractivity (Wildman–Crippen MR) is 103 cm³/mol. The molecule has 1 aliphatic rings. The van der Waals surface area contributed by atoms with Crippen LogP contribution in [0.5, 0.6) is 5.75 Å². The van der Waals surface area contributed by atoms with Crippen molar-refractivity contribution in [2.24, 2.45) is 17.6 Å². The molecule has 2 amide bonds. The Kier molecular flexibility index (Phi) is 7.20. The normalized spacial score (nSPS) is 22.2. The molecule has 2 rings (SSSR count). The summed E-state index contributed by atoms with van der Waals surface area (Å²) in [7, 11) is 0. The number of primary amides is 1. The first-order valence-electron chi connectivity index (χ1n) is 8.75. The van der Waals surface area contributed by atoms with Crippen molar-refractivity contribution in [2.75, 3.05) is 6.61 Å². The van der Waals surface area contributed by atoms with Crippen molar-refractivity contribution in [3.8, 4) is 5.75 Å². The van der Waals surface area contributed by atoms with Gasteiger partial charge in [-0.1, -0.05) is 38.8 Å². The molecule has 26 heavy (non-hydrogen) atoms. The molecule has 5 N–H and O–H groups in total. The van der Waals surface area contributed by atoms with E-state index >= 15 is 0 Å². The number of hydrogen-bond donors (Lipinski definition) is 4. The molecule has 0 bridgehead atoms. The minimum atomic E-state index is -0.611. The quantitative estimate of drug-likeness (QED) is 0.457. The molecule has 3 atom stereocenters. The topological polar surface area (TPSA) is 105 Å². The molecule has 1 fully saturated rings. The maximum atomic E-state index is 11.9. The van der Waals surface area contributed by atoms with Crippen LogP contribution >= 0.6 is 12.2 Å². The third kappa shape index (κ3) is 5.59. The summed E-state index contributed by atoms with van der Waals surface area (Å²) in [6.45, 7) is 4.20. The summed E-state index contributed by atoms with van der Waals surface area (Å²) in [5, 5.41) is 3.63. The van der Waals surface area contributed by atoms with Crippen LogP contribution in [0.2, 0.25) is 0 Å². The van der Waals surface area contributed by atoms with Crippen LogP contribution in [0.25, 0.3) is 0 Å². The van der Waals surface area contributed by atoms with Gasteiger partial charge in [-0.2, -0.15) is 0 Å². The lowest BCUT2D eigenvalue weighted by Gasteiger charge is -2.35. The van der Waals surface area contributed by atoms with Crippen molar-refractivity contribution in [1.82, 2.24) is 16.2 Å². The molecule has 0 saturated heterocycles. The van der Waals surface area contributed by atoms with Crippen molar-refractivity contribution in [2.45, 2.75) is 39.2 Å². The third-order valence-electron chi connectivity index (χ3n) is 4.85. The van der Waals surface area contributed by atoms with Crippen LogP contribution in [-0.2, 0) is 4.79 Å². The number of ether oxygens (including phenoxy) is 1. The van der Waals surface area contributed by atoms with Gasteiger partial charge in [0.1, 0.15) is 5.75 Å². The molecule has 0 spiro atoms. The molecule has 0 aliphatic heterocycles. The van der Waals surface area contributed by atoms with Crippen molar-refractivity contribution < 1.29 is 14.3 Å². The lowest BCUT2D eigenvalue weighted by Crippen LogP contribution is -2.53. The molecule has 142 valence electrons. The summed E-state index contributed by atoms with van der Waals surface area (Å²) in [5.41, 5.74) is 10.7. The molecule has 0 heterocycles. The van der Waals surface area contributed by atoms with Gasteiger partial charge in [-0.15, -0.1) is 0 Å². The lowest BCUT2D eigenvalue weighted by atomic mass is 9.78. The largest absolute Gasteiger partial charge is 0.483 e. The molecule has 0 unspecified atom stereocenters. The molecule has 0 aromatic heterocycles. The van der Waals surface area contributed by atoms with Gasteiger partial charge in [0, 0.05) is 6.04 Å². The first kappa shape index (κ1) is 20.0. The molecule has 1 aliphatic carbocycles. The van der Waals surface area contributed by atoms with E-state index in [0.717, 1.165) is 6.42 Å². The summed E-state index contributed by atoms with van der Waals surface area (Å²) >= 11 is 5.24. The van der Waals surface area contributed by atoms with Gasteiger partial charge in [0.15, 0.2) is 11.7 Å². The van der Waals surface area contributed by atoms with Crippen LogP contribution in [0.4, 0.5) is 0 Å². The number of benzene rings is 1. The van der Waals surface area contributed by atoms with Crippen molar-refractivity contribution in [3.05, 3.63) is 29.8 Å². The molecule has 7 nitrogen and oxygen atoms in total. The highest BCUT2D eigenvalue weighted by molar-refractivity contribution is 7.80. The fraction of sp³-hybridized carbons (Fsp3) is 0.500. The minimum absolute atomic E-state index is 0.228. The fourth-order valence-corrected chi connectivity index (χ4v) is 3.29. The molecular weight excluding hydrogens is 352 g/mol. The van der Waals surface area contributed by atoms with E-state index in [-0.39, 0.29) is 17.9 Å². The van der Waals surface area contributed by atoms with Crippen LogP contribution < -0.4 is 26.6 Å². The van der Waals surface area contributed by atoms with E-state index in [1.165, 1.54) is 12.8 Å². The van der Waals surface area contributed by atoms with E-state index in [1.54, 1.807) is 24.3 Å². The van der Waals surface area contributed by atoms with E-state index in [9.17, 15) is 9.59 Å². The maximum absolute atomic E-state index is 11.9. The number of rotatable bonds is 5. The van der Waals surface area contributed by atoms with Gasteiger partial charge < -0.3 is 15.8 Å². The monoisotopic (exact) mass is 378 g/mol. The summed E-state index contributed by atoms with van der Waals surface area (Å²) < 4.78 is 5.36. The van der Waals surface area contributed by atoms with Gasteiger partial charge in [-0.25, -0.2) is 0 Å². The number of hydrogen-bond acceptors (Lipinski definition) is 4. The number of hydrazine groups is 1. The maximum Gasteiger partial charge on any atom is 0.276 e. The number of carbonyl (C=O) groups excluding carboxylic acids is 2. The Balaban J connectivity index is 1.75. The molecule has 8 heteroatoms. The Morgan fingerprint density at radius 1 is 1.23 bits per heavy atom. The third-order valence-corrected chi connectivity index (χ3v) is 5.07. The average molecular weight is 378 g/mol. The molecule has 1 aromatic rings. The summed E-state index contributed by atoms with van der Waals surface area (Å²) in [6.07, 6.45) is 3.47. The van der Waals surface area contributed by atoms with Crippen molar-refractivity contribution >= 4 is 29.1 Å². The molecule has 1 aromatic carbocycles. The Morgan fingerprint density at radius 3 is 2.69 bits per heavy atom. The zero-order valence-corrected chi connectivity index (χ0v) is 15.9. The Bertz CT molecular complexity index is 668. The highest BCUT2D eigenvalue weighted by atomic mass is 32.1. The van der Waals surface area contributed by atoms with Crippen molar-refractivity contribution in [3.63, 3.8) is 0 Å². The summed E-state index contributed by atoms with van der Waals surface area (Å²) in [5.74, 6) is 0.407. The van der Waals surface area contributed by atoms with E-state index in [0.29, 0.717) is 23.0 Å². The Morgan fingerprint density at radius 2 is 1.96 bits per heavy atom. The highest BCUT2D eigenvalue weighted by Crippen LogP contribution is 2.29. The second kappa shape index (κ2) is 9.38. The van der Waals surface area contributed by atoms with Crippen LogP contribution in [0.15, 0.2) is 24.3 Å². The van der Waals surface area contributed by atoms with E-state index in [2.05, 4.69) is 30.0 Å². The van der Waals surface area contributed by atoms with Crippen LogP contribution in [0.3, 0.4) is 0 Å². The van der Waals surface area contributed by atoms with Gasteiger partial charge in [-0.3, -0.25) is 20.4 Å². The lowest BCUT2D eigenvalue weighted by molar-refractivity contribution is -0.123. The standard InChI is InChI=1S/C18H26N4O3S/c1-11-6-5-8-14(12(11)2)20-18(26)22-21-16(23)10-25-15-9-4-3-7-13(15)17(19)24/h3-4,7,9,11-12,14H,5-6,8,10H2,1-2H3,(H2,19,24)(H,21,23)(H2,20,22,26)/t11-,12-,14+/m1/s1. The number of carbonyl (C=O) groups is 2. The first-order chi connectivity index (χ1) is 12.4. The number of nitrogens with one attached hydrogen (secondary N) is 3. The van der Waals surface area contributed by atoms with Crippen LogP contribution in [0.1, 0.15) is 43.5 Å². The van der Waals surface area contributed by atoms with E-state index in [1.807, 2.05) is 0 Å². The second-order valence-corrected chi connectivity index (χ2v) is 7.08. The SMILES string of the molecule is C[C@@H]1[C@H](C)CCC[C@@H]1NC(=S)NNC(=O)COc1ccccc1C(N)=O. The molecular formula is C18H26N4O3S. The summed E-state index contributed by atoms with van der Waals surface area (Å²) in [6, 6.07) is 6.79. The van der Waals surface area contributed by atoms with Gasteiger partial charge >= 0.3 is 0 Å². The number of amides is 2. The van der Waals surface area contributed by atoms with E-state index in [4.69, 9.17) is 22.7 Å². The minimum Gasteiger partial charge on any atom is -0.483 e. The first-order valence-corrected chi connectivity index (χ1v) is 9.16. The molecule has 0 radical (unpaired) electrons. The number of nitrogens with two attached hydrogens (primary N) is 1. The molecule has 1 saturated carbocycles. The zero-order chi connectivity index (χ0) is 19.1. The Labute approximate surface area is 159 Å². The van der Waals surface area contributed by atoms with Gasteiger partial charge in [0.25, 0.3) is 11.8 Å². The van der Waals surface area contributed by atoms with Crippen LogP contribution in [-0.4, -0.2) is 29.6 Å². The van der Waals surface area contributed by atoms with Gasteiger partial charge in [-0.05, 0) is 42.6 Å². The second-order valence-electron chi connectivity index (χ2n) is 6.67. The predicted octanol–water partition coefficient (Wildman–Crippen LogP) is 1.48. The highest BCUT2D eigenvalue weighted by Gasteiger charge is 2.27. The van der Waals surface area contributed by atoms with Crippen LogP contribution in [0, 0.1) is 11.8 Å². The number of thiocarbonyl (C=S) groups is 1. The smallest absolute Gasteiger partial charge is 0.276 e. The van der Waals surface area contributed by atoms with Gasteiger partial charge in [0.2, 0.25) is 0 Å².